The maximum Gasteiger partial charge on any atom is 0.153 e. The molecule has 0 aliphatic carbocycles. The first-order valence-corrected chi connectivity index (χ1v) is 16.5. The van der Waals surface area contributed by atoms with Crippen LogP contribution in [-0.2, 0) is 12.0 Å². The fraction of sp³-hybridized carbons (Fsp3) is 0.806. The molecule has 0 saturated carbocycles. The first-order chi connectivity index (χ1) is 18.3. The molecule has 0 saturated heterocycles. The van der Waals surface area contributed by atoms with Crippen LogP contribution < -0.4 is 0 Å². The van der Waals surface area contributed by atoms with Crippen molar-refractivity contribution in [2.24, 2.45) is 17.8 Å². The molecule has 1 N–H and O–H groups in total. The van der Waals surface area contributed by atoms with Crippen LogP contribution in [0, 0.1) is 17.8 Å². The highest BCUT2D eigenvalue weighted by molar-refractivity contribution is 5.80. The Labute approximate surface area is 243 Å². The van der Waals surface area contributed by atoms with Crippen LogP contribution >= 0.6 is 0 Å². The lowest BCUT2D eigenvalue weighted by Crippen LogP contribution is -2.49. The molecule has 226 valence electrons. The van der Waals surface area contributed by atoms with Crippen LogP contribution in [0.1, 0.15) is 161 Å². The lowest BCUT2D eigenvalue weighted by atomic mass is 9.84. The Kier molecular flexibility index (Phi) is 16.6. The SMILES string of the molecule is CC(C)CCCCC[N+](CCCCCC(C)C)(CCCCCC(C)C)Cc1cc(C=O)c(O)c(C(C)(C)C)c1. The Morgan fingerprint density at radius 2 is 1.10 bits per heavy atom. The second kappa shape index (κ2) is 18.2. The highest BCUT2D eigenvalue weighted by Crippen LogP contribution is 2.35. The van der Waals surface area contributed by atoms with Gasteiger partial charge >= 0.3 is 0 Å². The summed E-state index contributed by atoms with van der Waals surface area (Å²) in [5.74, 6) is 2.50. The van der Waals surface area contributed by atoms with Crippen molar-refractivity contribution >= 4 is 6.29 Å². The van der Waals surface area contributed by atoms with Gasteiger partial charge in [0.15, 0.2) is 6.29 Å². The van der Waals surface area contributed by atoms with E-state index in [1.54, 1.807) is 0 Å². The third-order valence-electron chi connectivity index (χ3n) is 8.39. The topological polar surface area (TPSA) is 37.3 Å². The molecule has 0 amide bonds. The second-order valence-electron chi connectivity index (χ2n) is 14.8. The van der Waals surface area contributed by atoms with Crippen molar-refractivity contribution < 1.29 is 14.4 Å². The van der Waals surface area contributed by atoms with Gasteiger partial charge in [-0.25, -0.2) is 0 Å². The number of rotatable bonds is 21. The summed E-state index contributed by atoms with van der Waals surface area (Å²) in [5.41, 5.74) is 2.34. The average molecular weight is 545 g/mol. The maximum absolute atomic E-state index is 12.0. The molecular formula is C36H66NO2+. The Morgan fingerprint density at radius 3 is 1.44 bits per heavy atom. The highest BCUT2D eigenvalue weighted by Gasteiger charge is 2.29. The minimum Gasteiger partial charge on any atom is -0.507 e. The van der Waals surface area contributed by atoms with Gasteiger partial charge in [0.1, 0.15) is 12.3 Å². The number of nitrogens with zero attached hydrogens (tertiary/aromatic N) is 1. The van der Waals surface area contributed by atoms with Crippen LogP contribution in [0.3, 0.4) is 0 Å². The molecule has 0 radical (unpaired) electrons. The molecule has 1 aromatic rings. The average Bonchev–Trinajstić information content (AvgIpc) is 2.83. The van der Waals surface area contributed by atoms with Crippen LogP contribution in [0.2, 0.25) is 0 Å². The van der Waals surface area contributed by atoms with Gasteiger partial charge in [-0.3, -0.25) is 4.79 Å². The first-order valence-electron chi connectivity index (χ1n) is 16.5. The van der Waals surface area contributed by atoms with Gasteiger partial charge in [-0.2, -0.15) is 0 Å². The number of phenols is 1. The molecule has 0 fully saturated rings. The zero-order valence-electron chi connectivity index (χ0n) is 27.6. The molecule has 1 rings (SSSR count). The van der Waals surface area contributed by atoms with E-state index < -0.39 is 0 Å². The van der Waals surface area contributed by atoms with Crippen molar-refractivity contribution in [1.29, 1.82) is 0 Å². The fourth-order valence-electron chi connectivity index (χ4n) is 5.96. The van der Waals surface area contributed by atoms with Gasteiger partial charge in [0.05, 0.1) is 25.2 Å². The maximum atomic E-state index is 12.0. The first kappa shape index (κ1) is 35.7. The van der Waals surface area contributed by atoms with Crippen molar-refractivity contribution in [3.8, 4) is 5.75 Å². The van der Waals surface area contributed by atoms with E-state index in [4.69, 9.17) is 0 Å². The van der Waals surface area contributed by atoms with Crippen LogP contribution in [0.4, 0.5) is 0 Å². The smallest absolute Gasteiger partial charge is 0.153 e. The normalized spacial score (nSPS) is 12.7. The standard InChI is InChI=1S/C36H65NO2/c1-29(2)19-13-10-16-22-37(23-17-11-14-20-30(3)4,24-18-12-15-21-31(5)6)27-32-25-33(28-38)35(39)34(26-32)36(7,8)9/h25-26,28-31H,10-24,27H2,1-9H3/p+1. The largest absolute Gasteiger partial charge is 0.507 e. The van der Waals surface area contributed by atoms with Crippen molar-refractivity contribution in [3.05, 3.63) is 28.8 Å². The molecule has 0 unspecified atom stereocenters. The number of aldehydes is 1. The zero-order chi connectivity index (χ0) is 29.5. The Bertz CT molecular complexity index is 757. The van der Waals surface area contributed by atoms with Crippen molar-refractivity contribution in [1.82, 2.24) is 0 Å². The second-order valence-corrected chi connectivity index (χ2v) is 14.8. The number of hydrogen-bond donors (Lipinski definition) is 1. The van der Waals surface area contributed by atoms with Crippen LogP contribution in [0.15, 0.2) is 12.1 Å². The summed E-state index contributed by atoms with van der Waals surface area (Å²) in [6, 6.07) is 4.17. The summed E-state index contributed by atoms with van der Waals surface area (Å²) >= 11 is 0. The molecule has 0 aliphatic heterocycles. The van der Waals surface area contributed by atoms with Gasteiger partial charge in [-0.1, -0.05) is 101 Å². The number of hydrogen-bond acceptors (Lipinski definition) is 2. The third kappa shape index (κ3) is 14.7. The van der Waals surface area contributed by atoms with E-state index in [0.29, 0.717) is 5.56 Å². The summed E-state index contributed by atoms with van der Waals surface area (Å²) < 4.78 is 1.12. The number of aromatic hydroxyl groups is 1. The Morgan fingerprint density at radius 1 is 0.692 bits per heavy atom. The molecule has 0 aliphatic rings. The Balaban J connectivity index is 3.24. The number of quaternary nitrogens is 1. The van der Waals surface area contributed by atoms with E-state index in [9.17, 15) is 9.90 Å². The van der Waals surface area contributed by atoms with Gasteiger partial charge < -0.3 is 9.59 Å². The Hall–Kier alpha value is -1.35. The quantitative estimate of drug-likeness (QED) is 0.0949. The lowest BCUT2D eigenvalue weighted by Gasteiger charge is -2.40. The fourth-order valence-corrected chi connectivity index (χ4v) is 5.96. The third-order valence-corrected chi connectivity index (χ3v) is 8.39. The molecule has 0 bridgehead atoms. The van der Waals surface area contributed by atoms with E-state index >= 15 is 0 Å². The molecular weight excluding hydrogens is 478 g/mol. The van der Waals surface area contributed by atoms with Gasteiger partial charge in [0, 0.05) is 11.1 Å². The van der Waals surface area contributed by atoms with Gasteiger partial charge in [0.2, 0.25) is 0 Å². The molecule has 0 spiro atoms. The molecule has 3 nitrogen and oxygen atoms in total. The summed E-state index contributed by atoms with van der Waals surface area (Å²) in [6.45, 7) is 25.0. The number of carbonyl (C=O) groups excluding carboxylic acids is 1. The minimum absolute atomic E-state index is 0.162. The van der Waals surface area contributed by atoms with Crippen molar-refractivity contribution in [2.45, 2.75) is 151 Å². The van der Waals surface area contributed by atoms with E-state index in [0.717, 1.165) is 40.6 Å². The number of carbonyl (C=O) groups is 1. The van der Waals surface area contributed by atoms with E-state index in [1.165, 1.54) is 102 Å². The van der Waals surface area contributed by atoms with Gasteiger partial charge in [-0.15, -0.1) is 0 Å². The summed E-state index contributed by atoms with van der Waals surface area (Å²) in [5, 5.41) is 10.8. The van der Waals surface area contributed by atoms with E-state index in [-0.39, 0.29) is 11.2 Å². The zero-order valence-corrected chi connectivity index (χ0v) is 27.6. The molecule has 39 heavy (non-hydrogen) atoms. The lowest BCUT2D eigenvalue weighted by molar-refractivity contribution is -0.941. The van der Waals surface area contributed by atoms with Crippen LogP contribution in [0.25, 0.3) is 0 Å². The van der Waals surface area contributed by atoms with Gasteiger partial charge in [-0.05, 0) is 73.8 Å². The monoisotopic (exact) mass is 545 g/mol. The molecule has 0 aromatic heterocycles. The summed E-state index contributed by atoms with van der Waals surface area (Å²) in [6.07, 6.45) is 16.5. The van der Waals surface area contributed by atoms with Crippen LogP contribution in [0.5, 0.6) is 5.75 Å². The molecule has 3 heteroatoms. The molecule has 0 heterocycles. The van der Waals surface area contributed by atoms with Crippen molar-refractivity contribution in [2.75, 3.05) is 19.6 Å². The van der Waals surface area contributed by atoms with Gasteiger partial charge in [0.25, 0.3) is 0 Å². The summed E-state index contributed by atoms with van der Waals surface area (Å²) in [4.78, 5) is 12.0. The number of unbranched alkanes of at least 4 members (excludes halogenated alkanes) is 6. The number of phenolic OH excluding ortho intramolecular Hbond substituents is 1. The van der Waals surface area contributed by atoms with Crippen LogP contribution in [-0.4, -0.2) is 35.5 Å². The predicted octanol–water partition coefficient (Wildman–Crippen LogP) is 10.5. The van der Waals surface area contributed by atoms with Crippen molar-refractivity contribution in [3.63, 3.8) is 0 Å². The predicted molar refractivity (Wildman–Crippen MR) is 171 cm³/mol. The minimum atomic E-state index is -0.210. The van der Waals surface area contributed by atoms with E-state index in [2.05, 4.69) is 68.4 Å². The number of benzene rings is 1. The molecule has 1 aromatic carbocycles. The highest BCUT2D eigenvalue weighted by atomic mass is 16.3. The van der Waals surface area contributed by atoms with E-state index in [1.807, 2.05) is 6.07 Å². The summed E-state index contributed by atoms with van der Waals surface area (Å²) in [7, 11) is 0. The molecule has 0 atom stereocenters.